The molecule has 0 amide bonds. The Morgan fingerprint density at radius 1 is 1.55 bits per heavy atom. The Kier molecular flexibility index (Phi) is 4.24. The Labute approximate surface area is 121 Å². The van der Waals surface area contributed by atoms with Crippen LogP contribution in [-0.2, 0) is 0 Å². The molecule has 0 saturated carbocycles. The lowest BCUT2D eigenvalue weighted by Gasteiger charge is -2.25. The number of hydrogen-bond donors (Lipinski definition) is 1. The second-order valence-corrected chi connectivity index (χ2v) is 6.23. The number of nitro groups is 1. The lowest BCUT2D eigenvalue weighted by Crippen LogP contribution is -2.36. The van der Waals surface area contributed by atoms with Gasteiger partial charge >= 0.3 is 5.82 Å². The zero-order valence-corrected chi connectivity index (χ0v) is 12.8. The van der Waals surface area contributed by atoms with Crippen LogP contribution in [0.15, 0.2) is 11.6 Å². The summed E-state index contributed by atoms with van der Waals surface area (Å²) in [5.74, 6) is 0.699. The van der Waals surface area contributed by atoms with E-state index in [4.69, 9.17) is 0 Å². The van der Waals surface area contributed by atoms with Crippen LogP contribution < -0.4 is 5.32 Å². The lowest BCUT2D eigenvalue weighted by molar-refractivity contribution is -0.389. The molecule has 1 unspecified atom stereocenters. The van der Waals surface area contributed by atoms with Crippen molar-refractivity contribution >= 4 is 27.9 Å². The number of likely N-dealkylation sites (N-methyl/N-ethyl adjacent to an activating group) is 1. The van der Waals surface area contributed by atoms with E-state index in [-0.39, 0.29) is 16.8 Å². The molecule has 0 aliphatic heterocycles. The highest BCUT2D eigenvalue weighted by molar-refractivity contribution is 7.15. The fourth-order valence-corrected chi connectivity index (χ4v) is 2.75. The van der Waals surface area contributed by atoms with Crippen LogP contribution in [0, 0.1) is 16.0 Å². The fraction of sp³-hybridized carbons (Fsp3) is 0.583. The maximum atomic E-state index is 11.3. The molecule has 1 N–H and O–H groups in total. The summed E-state index contributed by atoms with van der Waals surface area (Å²) in [5.41, 5.74) is 0. The molecular weight excluding hydrogens is 278 g/mol. The summed E-state index contributed by atoms with van der Waals surface area (Å²) in [6, 6.07) is 0.105. The summed E-state index contributed by atoms with van der Waals surface area (Å²) in [6.07, 6.45) is 1.67. The zero-order valence-electron chi connectivity index (χ0n) is 12.0. The van der Waals surface area contributed by atoms with Gasteiger partial charge in [-0.3, -0.25) is 0 Å². The summed E-state index contributed by atoms with van der Waals surface area (Å²) in [5, 5.41) is 16.3. The molecule has 0 radical (unpaired) electrons. The number of anilines is 1. The summed E-state index contributed by atoms with van der Waals surface area (Å²) in [4.78, 5) is 17.9. The van der Waals surface area contributed by atoms with Crippen molar-refractivity contribution in [1.82, 2.24) is 14.3 Å². The first-order valence-corrected chi connectivity index (χ1v) is 7.29. The number of aromatic nitrogens is 2. The first kappa shape index (κ1) is 14.7. The van der Waals surface area contributed by atoms with Gasteiger partial charge in [-0.25, -0.2) is 0 Å². The van der Waals surface area contributed by atoms with Crippen molar-refractivity contribution in [2.45, 2.75) is 19.9 Å². The van der Waals surface area contributed by atoms with E-state index in [1.54, 1.807) is 11.6 Å². The van der Waals surface area contributed by atoms with Crippen molar-refractivity contribution in [2.75, 3.05) is 26.0 Å². The van der Waals surface area contributed by atoms with Crippen LogP contribution in [0.1, 0.15) is 13.8 Å². The van der Waals surface area contributed by atoms with Gasteiger partial charge in [-0.05, 0) is 24.9 Å². The van der Waals surface area contributed by atoms with E-state index in [1.807, 2.05) is 14.1 Å². The Morgan fingerprint density at radius 3 is 2.80 bits per heavy atom. The molecule has 8 heteroatoms. The van der Waals surface area contributed by atoms with Crippen LogP contribution in [0.25, 0.3) is 4.96 Å². The summed E-state index contributed by atoms with van der Waals surface area (Å²) < 4.78 is 1.51. The van der Waals surface area contributed by atoms with Gasteiger partial charge in [-0.15, -0.1) is 0 Å². The van der Waals surface area contributed by atoms with Crippen LogP contribution in [0.3, 0.4) is 0 Å². The van der Waals surface area contributed by atoms with Crippen molar-refractivity contribution in [3.63, 3.8) is 0 Å². The number of rotatable bonds is 6. The highest BCUT2D eigenvalue weighted by Gasteiger charge is 2.26. The van der Waals surface area contributed by atoms with Gasteiger partial charge in [0.15, 0.2) is 0 Å². The van der Waals surface area contributed by atoms with E-state index < -0.39 is 0 Å². The molecule has 0 aromatic carbocycles. The van der Waals surface area contributed by atoms with Crippen molar-refractivity contribution < 1.29 is 4.92 Å². The van der Waals surface area contributed by atoms with Crippen molar-refractivity contribution in [3.8, 4) is 0 Å². The van der Waals surface area contributed by atoms with Gasteiger partial charge in [0, 0.05) is 18.0 Å². The molecule has 0 aliphatic rings. The van der Waals surface area contributed by atoms with Gasteiger partial charge < -0.3 is 20.3 Å². The Hall–Kier alpha value is -1.67. The normalized spacial score (nSPS) is 13.3. The van der Waals surface area contributed by atoms with Crippen LogP contribution in [0.2, 0.25) is 0 Å². The van der Waals surface area contributed by atoms with E-state index in [9.17, 15) is 10.1 Å². The van der Waals surface area contributed by atoms with Crippen LogP contribution in [0.4, 0.5) is 11.6 Å². The SMILES string of the molecule is CC(C)C(CN(C)C)Nc1nc2sccn2c1[N+](=O)[O-]. The van der Waals surface area contributed by atoms with Crippen LogP contribution in [0.5, 0.6) is 0 Å². The number of thiazole rings is 1. The molecule has 110 valence electrons. The fourth-order valence-electron chi connectivity index (χ4n) is 2.04. The Bertz CT molecular complexity index is 604. The van der Waals surface area contributed by atoms with Gasteiger partial charge in [0.05, 0.1) is 0 Å². The third-order valence-electron chi connectivity index (χ3n) is 3.10. The zero-order chi connectivity index (χ0) is 14.9. The molecule has 2 aromatic rings. The highest BCUT2D eigenvalue weighted by atomic mass is 32.1. The quantitative estimate of drug-likeness (QED) is 0.654. The minimum Gasteiger partial charge on any atom is -0.359 e. The van der Waals surface area contributed by atoms with Crippen molar-refractivity contribution in [3.05, 3.63) is 21.7 Å². The average molecular weight is 297 g/mol. The minimum absolute atomic E-state index is 0.00524. The number of fused-ring (bicyclic) bond motifs is 1. The second kappa shape index (κ2) is 5.76. The number of hydrogen-bond acceptors (Lipinski definition) is 6. The maximum Gasteiger partial charge on any atom is 0.372 e. The average Bonchev–Trinajstić information content (AvgIpc) is 2.86. The van der Waals surface area contributed by atoms with Crippen LogP contribution >= 0.6 is 11.3 Å². The molecule has 0 aliphatic carbocycles. The van der Waals surface area contributed by atoms with Crippen LogP contribution in [-0.4, -0.2) is 45.9 Å². The van der Waals surface area contributed by atoms with E-state index in [1.165, 1.54) is 15.7 Å². The first-order chi connectivity index (χ1) is 9.40. The number of nitrogens with zero attached hydrogens (tertiary/aromatic N) is 4. The van der Waals surface area contributed by atoms with Crippen molar-refractivity contribution in [2.24, 2.45) is 5.92 Å². The van der Waals surface area contributed by atoms with Gasteiger partial charge in [0.2, 0.25) is 5.82 Å². The number of imidazole rings is 1. The Morgan fingerprint density at radius 2 is 2.25 bits per heavy atom. The molecule has 0 saturated heterocycles. The highest BCUT2D eigenvalue weighted by Crippen LogP contribution is 2.29. The maximum absolute atomic E-state index is 11.3. The number of nitrogens with one attached hydrogen (secondary N) is 1. The van der Waals surface area contributed by atoms with E-state index >= 15 is 0 Å². The summed E-state index contributed by atoms with van der Waals surface area (Å²) in [6.45, 7) is 4.97. The molecule has 1 atom stereocenters. The van der Waals surface area contributed by atoms with Crippen molar-refractivity contribution in [1.29, 1.82) is 0 Å². The molecule has 20 heavy (non-hydrogen) atoms. The lowest BCUT2D eigenvalue weighted by atomic mass is 10.0. The Balaban J connectivity index is 2.33. The molecule has 2 aromatic heterocycles. The predicted molar refractivity (Wildman–Crippen MR) is 80.5 cm³/mol. The molecule has 0 bridgehead atoms. The molecule has 0 fully saturated rings. The molecule has 2 heterocycles. The van der Waals surface area contributed by atoms with E-state index in [2.05, 4.69) is 29.0 Å². The predicted octanol–water partition coefficient (Wildman–Crippen LogP) is 2.30. The van der Waals surface area contributed by atoms with Gasteiger partial charge in [0.1, 0.15) is 6.20 Å². The summed E-state index contributed by atoms with van der Waals surface area (Å²) >= 11 is 1.39. The van der Waals surface area contributed by atoms with Gasteiger partial charge in [-0.2, -0.15) is 9.38 Å². The molecule has 2 rings (SSSR count). The van der Waals surface area contributed by atoms with Gasteiger partial charge in [-0.1, -0.05) is 25.2 Å². The second-order valence-electron chi connectivity index (χ2n) is 5.35. The monoisotopic (exact) mass is 297 g/mol. The third-order valence-corrected chi connectivity index (χ3v) is 3.86. The van der Waals surface area contributed by atoms with E-state index in [0.717, 1.165) is 6.54 Å². The first-order valence-electron chi connectivity index (χ1n) is 6.41. The molecule has 7 nitrogen and oxygen atoms in total. The summed E-state index contributed by atoms with van der Waals surface area (Å²) in [7, 11) is 3.97. The minimum atomic E-state index is -0.387. The van der Waals surface area contributed by atoms with E-state index in [0.29, 0.717) is 16.7 Å². The smallest absolute Gasteiger partial charge is 0.359 e. The molecule has 0 spiro atoms. The third kappa shape index (κ3) is 2.91. The largest absolute Gasteiger partial charge is 0.372 e. The van der Waals surface area contributed by atoms with Gasteiger partial charge in [0.25, 0.3) is 4.96 Å². The topological polar surface area (TPSA) is 75.7 Å². The molecular formula is C12H19N5O2S. The standard InChI is InChI=1S/C12H19N5O2S/c1-8(2)9(7-15(3)4)13-10-11(17(18)19)16-5-6-20-12(16)14-10/h5-6,8-9,13H,7H2,1-4H3.